The normalized spacial score (nSPS) is 12.7. The number of aromatic amines is 1. The van der Waals surface area contributed by atoms with Crippen molar-refractivity contribution in [3.63, 3.8) is 0 Å². The molecule has 3 aromatic rings. The molecule has 0 saturated carbocycles. The van der Waals surface area contributed by atoms with Crippen molar-refractivity contribution in [1.29, 1.82) is 0 Å². The van der Waals surface area contributed by atoms with E-state index in [9.17, 15) is 0 Å². The fourth-order valence-corrected chi connectivity index (χ4v) is 3.07. The monoisotopic (exact) mass is 285 g/mol. The van der Waals surface area contributed by atoms with Crippen molar-refractivity contribution in [2.24, 2.45) is 5.73 Å². The molecule has 0 aliphatic rings. The Hall–Kier alpha value is -1.92. The summed E-state index contributed by atoms with van der Waals surface area (Å²) in [7, 11) is 0. The molecule has 5 nitrogen and oxygen atoms in total. The molecular formula is C14H15N5S. The molecule has 102 valence electrons. The number of H-pyrrole nitrogens is 1. The fourth-order valence-electron chi connectivity index (χ4n) is 2.02. The van der Waals surface area contributed by atoms with Crippen LogP contribution in [0.4, 0.5) is 0 Å². The first-order valence-corrected chi connectivity index (χ1v) is 7.27. The van der Waals surface area contributed by atoms with Gasteiger partial charge in [-0.05, 0) is 18.1 Å². The quantitative estimate of drug-likeness (QED) is 0.720. The minimum atomic E-state index is 0.0396. The van der Waals surface area contributed by atoms with Crippen molar-refractivity contribution >= 4 is 22.9 Å². The summed E-state index contributed by atoms with van der Waals surface area (Å²) in [5.41, 5.74) is 8.86. The summed E-state index contributed by atoms with van der Waals surface area (Å²) < 4.78 is 0. The summed E-state index contributed by atoms with van der Waals surface area (Å²) in [4.78, 5) is 16.8. The van der Waals surface area contributed by atoms with E-state index in [4.69, 9.17) is 5.73 Å². The summed E-state index contributed by atoms with van der Waals surface area (Å²) >= 11 is 1.59. The molecule has 1 aromatic carbocycles. The van der Waals surface area contributed by atoms with Gasteiger partial charge >= 0.3 is 0 Å². The maximum Gasteiger partial charge on any atom is 0.181 e. The van der Waals surface area contributed by atoms with Gasteiger partial charge in [0.05, 0.1) is 6.33 Å². The summed E-state index contributed by atoms with van der Waals surface area (Å²) in [5.74, 6) is 0. The van der Waals surface area contributed by atoms with Gasteiger partial charge in [-0.25, -0.2) is 15.0 Å². The summed E-state index contributed by atoms with van der Waals surface area (Å²) in [6, 6.07) is 8.21. The smallest absolute Gasteiger partial charge is 0.181 e. The lowest BCUT2D eigenvalue weighted by Crippen LogP contribution is -2.09. The SMILES string of the molecule is CC[C@H](N)c1ccccc1Sc1ncnc2nc[nH]c12. The van der Waals surface area contributed by atoms with Crippen LogP contribution in [-0.4, -0.2) is 19.9 Å². The van der Waals surface area contributed by atoms with Crippen LogP contribution < -0.4 is 5.73 Å². The minimum absolute atomic E-state index is 0.0396. The zero-order valence-electron chi connectivity index (χ0n) is 11.1. The molecule has 2 aromatic heterocycles. The Labute approximate surface area is 121 Å². The van der Waals surface area contributed by atoms with Crippen LogP contribution in [0.25, 0.3) is 11.2 Å². The molecule has 0 bridgehead atoms. The van der Waals surface area contributed by atoms with Gasteiger partial charge in [0.15, 0.2) is 5.65 Å². The number of fused-ring (bicyclic) bond motifs is 1. The van der Waals surface area contributed by atoms with Crippen LogP contribution in [-0.2, 0) is 0 Å². The van der Waals surface area contributed by atoms with Crippen LogP contribution in [0.1, 0.15) is 24.9 Å². The van der Waals surface area contributed by atoms with Crippen molar-refractivity contribution in [2.75, 3.05) is 0 Å². The first-order valence-electron chi connectivity index (χ1n) is 6.46. The Balaban J connectivity index is 2.01. The average Bonchev–Trinajstić information content (AvgIpc) is 2.96. The third-order valence-electron chi connectivity index (χ3n) is 3.15. The van der Waals surface area contributed by atoms with Crippen LogP contribution in [0.15, 0.2) is 46.8 Å². The molecule has 1 atom stereocenters. The number of nitrogens with zero attached hydrogens (tertiary/aromatic N) is 3. The lowest BCUT2D eigenvalue weighted by molar-refractivity contribution is 0.685. The predicted molar refractivity (Wildman–Crippen MR) is 79.5 cm³/mol. The van der Waals surface area contributed by atoms with Crippen molar-refractivity contribution < 1.29 is 0 Å². The van der Waals surface area contributed by atoms with E-state index in [1.54, 1.807) is 18.1 Å². The average molecular weight is 285 g/mol. The second kappa shape index (κ2) is 5.60. The van der Waals surface area contributed by atoms with E-state index in [-0.39, 0.29) is 6.04 Å². The van der Waals surface area contributed by atoms with Crippen molar-refractivity contribution in [3.8, 4) is 0 Å². The van der Waals surface area contributed by atoms with Gasteiger partial charge in [-0.2, -0.15) is 0 Å². The molecule has 0 aliphatic carbocycles. The molecule has 2 heterocycles. The lowest BCUT2D eigenvalue weighted by atomic mass is 10.1. The predicted octanol–water partition coefficient (Wildman–Crippen LogP) is 2.91. The van der Waals surface area contributed by atoms with Crippen LogP contribution in [0.2, 0.25) is 0 Å². The number of imidazole rings is 1. The van der Waals surface area contributed by atoms with Crippen LogP contribution >= 0.6 is 11.8 Å². The van der Waals surface area contributed by atoms with Gasteiger partial charge in [0.2, 0.25) is 0 Å². The van der Waals surface area contributed by atoms with Gasteiger partial charge in [0.1, 0.15) is 16.9 Å². The third kappa shape index (κ3) is 2.39. The number of hydrogen-bond acceptors (Lipinski definition) is 5. The van der Waals surface area contributed by atoms with Gasteiger partial charge in [-0.1, -0.05) is 36.9 Å². The Kier molecular flexibility index (Phi) is 3.66. The van der Waals surface area contributed by atoms with E-state index in [0.717, 1.165) is 27.4 Å². The highest BCUT2D eigenvalue weighted by Gasteiger charge is 2.13. The van der Waals surface area contributed by atoms with Gasteiger partial charge < -0.3 is 10.7 Å². The first-order chi connectivity index (χ1) is 9.79. The zero-order valence-corrected chi connectivity index (χ0v) is 11.9. The van der Waals surface area contributed by atoms with E-state index >= 15 is 0 Å². The van der Waals surface area contributed by atoms with Crippen LogP contribution in [0, 0.1) is 0 Å². The number of rotatable bonds is 4. The third-order valence-corrected chi connectivity index (χ3v) is 4.25. The highest BCUT2D eigenvalue weighted by Crippen LogP contribution is 2.34. The topological polar surface area (TPSA) is 80.5 Å². The Morgan fingerprint density at radius 3 is 2.95 bits per heavy atom. The maximum absolute atomic E-state index is 6.18. The minimum Gasteiger partial charge on any atom is -0.341 e. The first kappa shape index (κ1) is 13.1. The molecule has 20 heavy (non-hydrogen) atoms. The van der Waals surface area contributed by atoms with Gasteiger partial charge in [0, 0.05) is 10.9 Å². The molecule has 0 spiro atoms. The molecular weight excluding hydrogens is 270 g/mol. The van der Waals surface area contributed by atoms with Gasteiger partial charge in [0.25, 0.3) is 0 Å². The summed E-state index contributed by atoms with van der Waals surface area (Å²) in [5, 5.41) is 0.864. The van der Waals surface area contributed by atoms with Crippen molar-refractivity contribution in [2.45, 2.75) is 29.3 Å². The molecule has 0 fully saturated rings. The molecule has 0 amide bonds. The fraction of sp³-hybridized carbons (Fsp3) is 0.214. The van der Waals surface area contributed by atoms with Crippen LogP contribution in [0.5, 0.6) is 0 Å². The molecule has 6 heteroatoms. The van der Waals surface area contributed by atoms with Crippen molar-refractivity contribution in [3.05, 3.63) is 42.5 Å². The maximum atomic E-state index is 6.18. The van der Waals surface area contributed by atoms with E-state index in [1.165, 1.54) is 6.33 Å². The number of aromatic nitrogens is 4. The van der Waals surface area contributed by atoms with E-state index in [1.807, 2.05) is 12.1 Å². The Morgan fingerprint density at radius 2 is 2.10 bits per heavy atom. The van der Waals surface area contributed by atoms with Crippen molar-refractivity contribution in [1.82, 2.24) is 19.9 Å². The molecule has 0 aliphatic heterocycles. The number of nitrogens with one attached hydrogen (secondary N) is 1. The summed E-state index contributed by atoms with van der Waals surface area (Å²) in [6.07, 6.45) is 4.07. The molecule has 0 radical (unpaired) electrons. The molecule has 0 unspecified atom stereocenters. The van der Waals surface area contributed by atoms with E-state index in [0.29, 0.717) is 5.65 Å². The van der Waals surface area contributed by atoms with Crippen LogP contribution in [0.3, 0.4) is 0 Å². The molecule has 3 rings (SSSR count). The lowest BCUT2D eigenvalue weighted by Gasteiger charge is -2.14. The van der Waals surface area contributed by atoms with Gasteiger partial charge in [-0.3, -0.25) is 0 Å². The standard InChI is InChI=1S/C14H15N5S/c1-2-10(15)9-5-3-4-6-11(9)20-14-12-13(17-7-16-12)18-8-19-14/h3-8,10H,2,15H2,1H3,(H,16,17,18,19)/t10-/m0/s1. The largest absolute Gasteiger partial charge is 0.341 e. The second-order valence-corrected chi connectivity index (χ2v) is 5.47. The molecule has 0 saturated heterocycles. The number of hydrogen-bond donors (Lipinski definition) is 2. The number of nitrogens with two attached hydrogens (primary N) is 1. The summed E-state index contributed by atoms with van der Waals surface area (Å²) in [6.45, 7) is 2.09. The Bertz CT molecular complexity index is 724. The van der Waals surface area contributed by atoms with E-state index < -0.39 is 0 Å². The zero-order chi connectivity index (χ0) is 13.9. The highest BCUT2D eigenvalue weighted by molar-refractivity contribution is 7.99. The number of benzene rings is 1. The second-order valence-electron chi connectivity index (χ2n) is 4.43. The molecule has 3 N–H and O–H groups in total. The highest BCUT2D eigenvalue weighted by atomic mass is 32.2. The Morgan fingerprint density at radius 1 is 1.25 bits per heavy atom. The van der Waals surface area contributed by atoms with Gasteiger partial charge in [-0.15, -0.1) is 0 Å². The van der Waals surface area contributed by atoms with E-state index in [2.05, 4.69) is 39.0 Å².